The maximum atomic E-state index is 12.0. The van der Waals surface area contributed by atoms with Gasteiger partial charge in [-0.3, -0.25) is 4.79 Å². The van der Waals surface area contributed by atoms with E-state index in [0.717, 1.165) is 11.4 Å². The Morgan fingerprint density at radius 2 is 2.00 bits per heavy atom. The van der Waals surface area contributed by atoms with E-state index in [1.54, 1.807) is 23.7 Å². The fraction of sp³-hybridized carbons (Fsp3) is 0.214. The standard InChI is InChI=1S/C14H14N6O2/c1-8-4-9(2)20(18-8)13-6-12(15-7-16-13)17-14(21)11-5-10(3)22-19-11/h4-7H,1-3H3,(H,15,16,17,21). The van der Waals surface area contributed by atoms with Gasteiger partial charge in [-0.2, -0.15) is 5.10 Å². The summed E-state index contributed by atoms with van der Waals surface area (Å²) < 4.78 is 6.56. The molecule has 1 amide bonds. The van der Waals surface area contributed by atoms with Gasteiger partial charge in [0.05, 0.1) is 5.69 Å². The van der Waals surface area contributed by atoms with Crippen LogP contribution in [0.3, 0.4) is 0 Å². The average Bonchev–Trinajstić information content (AvgIpc) is 3.05. The maximum absolute atomic E-state index is 12.0. The predicted molar refractivity (Wildman–Crippen MR) is 77.8 cm³/mol. The van der Waals surface area contributed by atoms with E-state index in [1.807, 2.05) is 19.9 Å². The van der Waals surface area contributed by atoms with Gasteiger partial charge in [-0.05, 0) is 26.8 Å². The number of carbonyl (C=O) groups is 1. The van der Waals surface area contributed by atoms with Crippen LogP contribution >= 0.6 is 0 Å². The number of nitrogens with zero attached hydrogens (tertiary/aromatic N) is 5. The van der Waals surface area contributed by atoms with Crippen LogP contribution in [0.4, 0.5) is 5.82 Å². The summed E-state index contributed by atoms with van der Waals surface area (Å²) in [7, 11) is 0. The van der Waals surface area contributed by atoms with Crippen molar-refractivity contribution in [3.05, 3.63) is 47.4 Å². The number of aromatic nitrogens is 5. The molecule has 0 aliphatic carbocycles. The molecule has 3 aromatic rings. The van der Waals surface area contributed by atoms with Crippen molar-refractivity contribution in [3.63, 3.8) is 0 Å². The third-order valence-electron chi connectivity index (χ3n) is 2.98. The molecule has 0 saturated carbocycles. The fourth-order valence-electron chi connectivity index (χ4n) is 2.05. The van der Waals surface area contributed by atoms with Gasteiger partial charge in [-0.1, -0.05) is 5.16 Å². The number of amides is 1. The van der Waals surface area contributed by atoms with E-state index in [1.165, 1.54) is 6.33 Å². The summed E-state index contributed by atoms with van der Waals surface area (Å²) in [5, 5.41) is 10.7. The molecule has 1 N–H and O–H groups in total. The van der Waals surface area contributed by atoms with Crippen molar-refractivity contribution < 1.29 is 9.32 Å². The summed E-state index contributed by atoms with van der Waals surface area (Å²) in [6.45, 7) is 5.55. The Hall–Kier alpha value is -3.03. The van der Waals surface area contributed by atoms with Crippen LogP contribution in [0.25, 0.3) is 5.82 Å². The van der Waals surface area contributed by atoms with Crippen molar-refractivity contribution in [1.82, 2.24) is 24.9 Å². The molecule has 0 atom stereocenters. The third-order valence-corrected chi connectivity index (χ3v) is 2.98. The van der Waals surface area contributed by atoms with E-state index in [4.69, 9.17) is 4.52 Å². The van der Waals surface area contributed by atoms with Crippen LogP contribution in [0.2, 0.25) is 0 Å². The Morgan fingerprint density at radius 1 is 1.18 bits per heavy atom. The van der Waals surface area contributed by atoms with Crippen LogP contribution in [0, 0.1) is 20.8 Å². The lowest BCUT2D eigenvalue weighted by atomic mass is 10.3. The van der Waals surface area contributed by atoms with Gasteiger partial charge in [0, 0.05) is 17.8 Å². The highest BCUT2D eigenvalue weighted by Gasteiger charge is 2.13. The van der Waals surface area contributed by atoms with Crippen LogP contribution in [0.1, 0.15) is 27.6 Å². The van der Waals surface area contributed by atoms with Crippen LogP contribution in [0.5, 0.6) is 0 Å². The van der Waals surface area contributed by atoms with E-state index >= 15 is 0 Å². The third kappa shape index (κ3) is 2.71. The number of aryl methyl sites for hydroxylation is 3. The van der Waals surface area contributed by atoms with Crippen molar-refractivity contribution in [2.75, 3.05) is 5.32 Å². The molecule has 8 nitrogen and oxygen atoms in total. The molecule has 0 aliphatic heterocycles. The lowest BCUT2D eigenvalue weighted by molar-refractivity contribution is 0.101. The quantitative estimate of drug-likeness (QED) is 0.792. The number of hydrogen-bond donors (Lipinski definition) is 1. The molecule has 112 valence electrons. The molecule has 0 unspecified atom stereocenters. The van der Waals surface area contributed by atoms with Crippen molar-refractivity contribution in [2.45, 2.75) is 20.8 Å². The van der Waals surface area contributed by atoms with E-state index < -0.39 is 5.91 Å². The first-order chi connectivity index (χ1) is 10.5. The van der Waals surface area contributed by atoms with Crippen molar-refractivity contribution in [1.29, 1.82) is 0 Å². The monoisotopic (exact) mass is 298 g/mol. The molecule has 0 saturated heterocycles. The second-order valence-electron chi connectivity index (χ2n) is 4.88. The Bertz CT molecular complexity index is 835. The molecular formula is C14H14N6O2. The van der Waals surface area contributed by atoms with E-state index in [2.05, 4.69) is 25.5 Å². The molecule has 8 heteroatoms. The minimum Gasteiger partial charge on any atom is -0.361 e. The van der Waals surface area contributed by atoms with Gasteiger partial charge >= 0.3 is 0 Å². The number of anilines is 1. The lowest BCUT2D eigenvalue weighted by Crippen LogP contribution is -2.14. The molecule has 0 bridgehead atoms. The van der Waals surface area contributed by atoms with Gasteiger partial charge in [-0.15, -0.1) is 0 Å². The molecule has 0 spiro atoms. The first-order valence-corrected chi connectivity index (χ1v) is 6.63. The summed E-state index contributed by atoms with van der Waals surface area (Å²) in [6.07, 6.45) is 1.37. The van der Waals surface area contributed by atoms with Crippen LogP contribution in [-0.4, -0.2) is 30.8 Å². The Morgan fingerprint density at radius 3 is 2.64 bits per heavy atom. The Balaban J connectivity index is 1.85. The predicted octanol–water partition coefficient (Wildman–Crippen LogP) is 1.83. The minimum absolute atomic E-state index is 0.198. The molecular weight excluding hydrogens is 284 g/mol. The normalized spacial score (nSPS) is 10.7. The Labute approximate surface area is 126 Å². The Kier molecular flexibility index (Phi) is 3.42. The van der Waals surface area contributed by atoms with Gasteiger partial charge in [0.15, 0.2) is 11.5 Å². The van der Waals surface area contributed by atoms with Crippen LogP contribution in [0.15, 0.2) is 29.0 Å². The summed E-state index contributed by atoms with van der Waals surface area (Å²) >= 11 is 0. The zero-order valence-corrected chi connectivity index (χ0v) is 12.4. The number of rotatable bonds is 3. The smallest absolute Gasteiger partial charge is 0.279 e. The number of carbonyl (C=O) groups excluding carboxylic acids is 1. The summed E-state index contributed by atoms with van der Waals surface area (Å²) in [6, 6.07) is 5.14. The summed E-state index contributed by atoms with van der Waals surface area (Å²) in [5.41, 5.74) is 2.03. The first-order valence-electron chi connectivity index (χ1n) is 6.63. The highest BCUT2D eigenvalue weighted by atomic mass is 16.5. The summed E-state index contributed by atoms with van der Waals surface area (Å²) in [4.78, 5) is 20.2. The lowest BCUT2D eigenvalue weighted by Gasteiger charge is -2.06. The molecule has 22 heavy (non-hydrogen) atoms. The molecule has 0 aromatic carbocycles. The second-order valence-corrected chi connectivity index (χ2v) is 4.88. The van der Waals surface area contributed by atoms with Crippen molar-refractivity contribution in [2.24, 2.45) is 0 Å². The molecule has 0 fully saturated rings. The second kappa shape index (κ2) is 5.40. The fourth-order valence-corrected chi connectivity index (χ4v) is 2.05. The van der Waals surface area contributed by atoms with Crippen LogP contribution in [-0.2, 0) is 0 Å². The van der Waals surface area contributed by atoms with Gasteiger partial charge in [0.1, 0.15) is 17.9 Å². The zero-order valence-electron chi connectivity index (χ0n) is 12.4. The maximum Gasteiger partial charge on any atom is 0.279 e. The molecule has 3 heterocycles. The van der Waals surface area contributed by atoms with Crippen molar-refractivity contribution >= 4 is 11.7 Å². The number of nitrogens with one attached hydrogen (secondary N) is 1. The zero-order chi connectivity index (χ0) is 15.7. The average molecular weight is 298 g/mol. The van der Waals surface area contributed by atoms with Gasteiger partial charge < -0.3 is 9.84 Å². The molecule has 3 rings (SSSR count). The minimum atomic E-state index is -0.394. The summed E-state index contributed by atoms with van der Waals surface area (Å²) in [5.74, 6) is 1.11. The van der Waals surface area contributed by atoms with Gasteiger partial charge in [-0.25, -0.2) is 14.6 Å². The van der Waals surface area contributed by atoms with E-state index in [-0.39, 0.29) is 5.69 Å². The highest BCUT2D eigenvalue weighted by molar-refractivity contribution is 6.02. The SMILES string of the molecule is Cc1cc(C)n(-c2cc(NC(=O)c3cc(C)on3)ncn2)n1. The number of hydrogen-bond acceptors (Lipinski definition) is 6. The molecule has 0 aliphatic rings. The first kappa shape index (κ1) is 13.9. The topological polar surface area (TPSA) is 98.7 Å². The van der Waals surface area contributed by atoms with Crippen LogP contribution < -0.4 is 5.32 Å². The van der Waals surface area contributed by atoms with E-state index in [0.29, 0.717) is 17.4 Å². The largest absolute Gasteiger partial charge is 0.361 e. The highest BCUT2D eigenvalue weighted by Crippen LogP contribution is 2.13. The van der Waals surface area contributed by atoms with Gasteiger partial charge in [0.25, 0.3) is 5.91 Å². The molecule has 3 aromatic heterocycles. The molecule has 0 radical (unpaired) electrons. The van der Waals surface area contributed by atoms with Crippen molar-refractivity contribution in [3.8, 4) is 5.82 Å². The van der Waals surface area contributed by atoms with E-state index in [9.17, 15) is 4.79 Å². The van der Waals surface area contributed by atoms with Gasteiger partial charge in [0.2, 0.25) is 0 Å².